The number of nitrogens with zero attached hydrogens (tertiary/aromatic N) is 1. The molecule has 2 aliphatic rings. The van der Waals surface area contributed by atoms with Crippen LogP contribution in [0.5, 0.6) is 0 Å². The number of hydrogen-bond acceptors (Lipinski definition) is 2. The lowest BCUT2D eigenvalue weighted by Crippen LogP contribution is -2.47. The van der Waals surface area contributed by atoms with E-state index in [1.807, 2.05) is 0 Å². The van der Waals surface area contributed by atoms with Crippen molar-refractivity contribution < 1.29 is 4.74 Å². The molecule has 0 aromatic heterocycles. The highest BCUT2D eigenvalue weighted by Gasteiger charge is 2.33. The molecule has 3 atom stereocenters. The fourth-order valence-electron chi connectivity index (χ4n) is 3.26. The fraction of sp³-hybridized carbons (Fsp3) is 0.600. The van der Waals surface area contributed by atoms with Gasteiger partial charge in [-0.2, -0.15) is 0 Å². The lowest BCUT2D eigenvalue weighted by molar-refractivity contribution is -0.0501. The Balaban J connectivity index is 1.72. The van der Waals surface area contributed by atoms with Crippen LogP contribution >= 0.6 is 0 Å². The molecule has 2 aliphatic heterocycles. The topological polar surface area (TPSA) is 12.5 Å². The van der Waals surface area contributed by atoms with Crippen LogP contribution in [0.4, 0.5) is 0 Å². The van der Waals surface area contributed by atoms with Crippen LogP contribution in [0.15, 0.2) is 30.3 Å². The third-order valence-corrected chi connectivity index (χ3v) is 4.19. The van der Waals surface area contributed by atoms with E-state index in [0.717, 1.165) is 25.0 Å². The molecule has 0 N–H and O–H groups in total. The standard InChI is InChI=1S/C15H21NO/c1-12(15-5-3-2-4-6-15)16-8-13-7-14(9-16)11-17-10-13/h2-6,12-14H,7-11H2,1H3/t12-,13+,14?/m0/s1. The van der Waals surface area contributed by atoms with E-state index >= 15 is 0 Å². The molecule has 0 saturated carbocycles. The van der Waals surface area contributed by atoms with Crippen LogP contribution in [0.25, 0.3) is 0 Å². The van der Waals surface area contributed by atoms with Gasteiger partial charge in [0.15, 0.2) is 0 Å². The van der Waals surface area contributed by atoms with E-state index in [0.29, 0.717) is 6.04 Å². The summed E-state index contributed by atoms with van der Waals surface area (Å²) in [5, 5.41) is 0. The molecule has 2 nitrogen and oxygen atoms in total. The summed E-state index contributed by atoms with van der Waals surface area (Å²) in [6, 6.07) is 11.4. The number of piperidine rings is 1. The van der Waals surface area contributed by atoms with Crippen molar-refractivity contribution in [3.05, 3.63) is 35.9 Å². The predicted molar refractivity (Wildman–Crippen MR) is 68.8 cm³/mol. The van der Waals surface area contributed by atoms with Crippen LogP contribution in [-0.4, -0.2) is 31.2 Å². The Morgan fingerprint density at radius 2 is 1.76 bits per heavy atom. The van der Waals surface area contributed by atoms with Gasteiger partial charge < -0.3 is 4.74 Å². The van der Waals surface area contributed by atoms with Crippen LogP contribution in [0.3, 0.4) is 0 Å². The molecule has 0 spiro atoms. The molecule has 1 aromatic rings. The molecule has 3 rings (SSSR count). The molecule has 0 amide bonds. The molecule has 2 fully saturated rings. The van der Waals surface area contributed by atoms with Gasteiger partial charge in [0.05, 0.1) is 13.2 Å². The molecule has 1 unspecified atom stereocenters. The van der Waals surface area contributed by atoms with Gasteiger partial charge in [0.25, 0.3) is 0 Å². The van der Waals surface area contributed by atoms with Gasteiger partial charge in [-0.25, -0.2) is 0 Å². The molecule has 2 saturated heterocycles. The molecule has 2 bridgehead atoms. The highest BCUT2D eigenvalue weighted by atomic mass is 16.5. The summed E-state index contributed by atoms with van der Waals surface area (Å²) in [7, 11) is 0. The Morgan fingerprint density at radius 1 is 1.12 bits per heavy atom. The van der Waals surface area contributed by atoms with E-state index in [1.54, 1.807) is 0 Å². The Kier molecular flexibility index (Phi) is 3.17. The zero-order valence-electron chi connectivity index (χ0n) is 10.5. The fourth-order valence-corrected chi connectivity index (χ4v) is 3.26. The van der Waals surface area contributed by atoms with E-state index in [-0.39, 0.29) is 0 Å². The first-order chi connectivity index (χ1) is 8.33. The van der Waals surface area contributed by atoms with Crippen molar-refractivity contribution in [1.82, 2.24) is 4.90 Å². The second-order valence-electron chi connectivity index (χ2n) is 5.55. The largest absolute Gasteiger partial charge is 0.381 e. The van der Waals surface area contributed by atoms with E-state index in [2.05, 4.69) is 42.2 Å². The third-order valence-electron chi connectivity index (χ3n) is 4.19. The van der Waals surface area contributed by atoms with Crippen molar-refractivity contribution >= 4 is 0 Å². The number of rotatable bonds is 2. The molecule has 2 heteroatoms. The smallest absolute Gasteiger partial charge is 0.0506 e. The lowest BCUT2D eigenvalue weighted by Gasteiger charge is -2.43. The van der Waals surface area contributed by atoms with Gasteiger partial charge in [-0.3, -0.25) is 4.90 Å². The van der Waals surface area contributed by atoms with Crippen molar-refractivity contribution in [2.75, 3.05) is 26.3 Å². The number of likely N-dealkylation sites (tertiary alicyclic amines) is 1. The molecular formula is C15H21NO. The highest BCUT2D eigenvalue weighted by molar-refractivity contribution is 5.18. The van der Waals surface area contributed by atoms with E-state index in [4.69, 9.17) is 4.74 Å². The summed E-state index contributed by atoms with van der Waals surface area (Å²) < 4.78 is 5.64. The summed E-state index contributed by atoms with van der Waals surface area (Å²) in [5.74, 6) is 1.52. The minimum Gasteiger partial charge on any atom is -0.381 e. The van der Waals surface area contributed by atoms with E-state index < -0.39 is 0 Å². The Morgan fingerprint density at radius 3 is 2.41 bits per heavy atom. The lowest BCUT2D eigenvalue weighted by atomic mass is 9.87. The SMILES string of the molecule is C[C@@H](c1ccccc1)N1CC2COC[C@H](C2)C1. The van der Waals surface area contributed by atoms with E-state index in [9.17, 15) is 0 Å². The van der Waals surface area contributed by atoms with Gasteiger partial charge >= 0.3 is 0 Å². The van der Waals surface area contributed by atoms with Crippen molar-refractivity contribution in [2.24, 2.45) is 11.8 Å². The summed E-state index contributed by atoms with van der Waals surface area (Å²) >= 11 is 0. The van der Waals surface area contributed by atoms with Crippen molar-refractivity contribution in [2.45, 2.75) is 19.4 Å². The predicted octanol–water partition coefficient (Wildman–Crippen LogP) is 2.72. The van der Waals surface area contributed by atoms with Gasteiger partial charge in [-0.15, -0.1) is 0 Å². The number of benzene rings is 1. The first-order valence-corrected chi connectivity index (χ1v) is 6.69. The monoisotopic (exact) mass is 231 g/mol. The van der Waals surface area contributed by atoms with Crippen LogP contribution in [0.2, 0.25) is 0 Å². The number of ether oxygens (including phenoxy) is 1. The summed E-state index contributed by atoms with van der Waals surface area (Å²) in [6.07, 6.45) is 1.37. The maximum Gasteiger partial charge on any atom is 0.0506 e. The zero-order valence-corrected chi connectivity index (χ0v) is 10.5. The highest BCUT2D eigenvalue weighted by Crippen LogP contribution is 2.32. The second-order valence-corrected chi connectivity index (χ2v) is 5.55. The Hall–Kier alpha value is -0.860. The quantitative estimate of drug-likeness (QED) is 0.776. The normalized spacial score (nSPS) is 31.1. The number of hydrogen-bond donors (Lipinski definition) is 0. The van der Waals surface area contributed by atoms with Crippen LogP contribution in [0, 0.1) is 11.8 Å². The molecule has 2 heterocycles. The van der Waals surface area contributed by atoms with Crippen LogP contribution < -0.4 is 0 Å². The van der Waals surface area contributed by atoms with Crippen molar-refractivity contribution in [3.63, 3.8) is 0 Å². The molecular weight excluding hydrogens is 210 g/mol. The summed E-state index contributed by atoms with van der Waals surface area (Å²) in [4.78, 5) is 2.64. The van der Waals surface area contributed by atoms with Gasteiger partial charge in [0.1, 0.15) is 0 Å². The minimum atomic E-state index is 0.541. The average Bonchev–Trinajstić information content (AvgIpc) is 2.38. The average molecular weight is 231 g/mol. The maximum absolute atomic E-state index is 5.64. The summed E-state index contributed by atoms with van der Waals surface area (Å²) in [5.41, 5.74) is 1.44. The maximum atomic E-state index is 5.64. The van der Waals surface area contributed by atoms with Gasteiger partial charge in [0.2, 0.25) is 0 Å². The molecule has 92 valence electrons. The molecule has 1 aromatic carbocycles. The first kappa shape index (κ1) is 11.2. The summed E-state index contributed by atoms with van der Waals surface area (Å²) in [6.45, 7) is 6.67. The molecule has 17 heavy (non-hydrogen) atoms. The first-order valence-electron chi connectivity index (χ1n) is 6.69. The molecule has 0 radical (unpaired) electrons. The Labute approximate surface area is 104 Å². The van der Waals surface area contributed by atoms with Crippen LogP contribution in [-0.2, 0) is 4.74 Å². The van der Waals surface area contributed by atoms with Crippen molar-refractivity contribution in [3.8, 4) is 0 Å². The van der Waals surface area contributed by atoms with Gasteiger partial charge in [0, 0.05) is 19.1 Å². The van der Waals surface area contributed by atoms with Gasteiger partial charge in [-0.1, -0.05) is 30.3 Å². The van der Waals surface area contributed by atoms with Crippen molar-refractivity contribution in [1.29, 1.82) is 0 Å². The van der Waals surface area contributed by atoms with Gasteiger partial charge in [-0.05, 0) is 30.7 Å². The number of fused-ring (bicyclic) bond motifs is 2. The van der Waals surface area contributed by atoms with Crippen LogP contribution in [0.1, 0.15) is 24.9 Å². The van der Waals surface area contributed by atoms with E-state index in [1.165, 1.54) is 25.1 Å². The molecule has 0 aliphatic carbocycles. The second kappa shape index (κ2) is 4.79. The minimum absolute atomic E-state index is 0.541. The third kappa shape index (κ3) is 2.38. The zero-order chi connectivity index (χ0) is 11.7. The Bertz CT molecular complexity index is 352.